The summed E-state index contributed by atoms with van der Waals surface area (Å²) in [6.45, 7) is 1.46. The predicted molar refractivity (Wildman–Crippen MR) is 95.8 cm³/mol. The van der Waals surface area contributed by atoms with Crippen LogP contribution in [0.2, 0.25) is 0 Å². The molecule has 0 radical (unpaired) electrons. The molecule has 0 spiro atoms. The summed E-state index contributed by atoms with van der Waals surface area (Å²) >= 11 is 0. The van der Waals surface area contributed by atoms with E-state index in [1.165, 1.54) is 13.3 Å². The topological polar surface area (TPSA) is 96.0 Å². The molecule has 0 atom stereocenters. The van der Waals surface area contributed by atoms with Crippen LogP contribution in [0, 0.1) is 0 Å². The lowest BCUT2D eigenvalue weighted by molar-refractivity contribution is -0.114. The van der Waals surface area contributed by atoms with Crippen LogP contribution in [-0.2, 0) is 4.79 Å². The van der Waals surface area contributed by atoms with Gasteiger partial charge in [-0.1, -0.05) is 12.8 Å². The maximum atomic E-state index is 12.3. The molecule has 130 valence electrons. The molecule has 7 heteroatoms. The minimum atomic E-state index is -0.168. The Morgan fingerprint density at radius 1 is 1.04 bits per heavy atom. The van der Waals surface area contributed by atoms with Crippen molar-refractivity contribution in [1.82, 2.24) is 15.3 Å². The lowest BCUT2D eigenvalue weighted by Crippen LogP contribution is -2.33. The van der Waals surface area contributed by atoms with E-state index in [0.717, 1.165) is 37.1 Å². The van der Waals surface area contributed by atoms with Gasteiger partial charge in [0.25, 0.3) is 5.91 Å². The monoisotopic (exact) mass is 339 g/mol. The van der Waals surface area contributed by atoms with Gasteiger partial charge in [-0.3, -0.25) is 9.59 Å². The second-order valence-electron chi connectivity index (χ2n) is 6.13. The molecule has 7 nitrogen and oxygen atoms in total. The standard InChI is InChI=1S/C18H21N5O2/c1-12(24)21-14-6-8-15(9-7-14)22-17-10-16(19-11-20-17)18(25)23-13-4-2-3-5-13/h6-11,13H,2-5H2,1H3,(H,21,24)(H,23,25)(H,19,20,22). The number of carbonyl (C=O) groups excluding carboxylic acids is 2. The molecule has 1 aromatic heterocycles. The largest absolute Gasteiger partial charge is 0.348 e. The Labute approximate surface area is 146 Å². The first-order valence-electron chi connectivity index (χ1n) is 8.38. The fraction of sp³-hybridized carbons (Fsp3) is 0.333. The molecule has 25 heavy (non-hydrogen) atoms. The zero-order valence-corrected chi connectivity index (χ0v) is 14.1. The Bertz CT molecular complexity index is 754. The van der Waals surface area contributed by atoms with Gasteiger partial charge in [0.05, 0.1) is 0 Å². The number of nitrogens with zero attached hydrogens (tertiary/aromatic N) is 2. The first-order chi connectivity index (χ1) is 12.1. The van der Waals surface area contributed by atoms with E-state index in [-0.39, 0.29) is 17.9 Å². The number of anilines is 3. The summed E-state index contributed by atoms with van der Waals surface area (Å²) in [6.07, 6.45) is 5.76. The van der Waals surface area contributed by atoms with Crippen LogP contribution in [0.1, 0.15) is 43.1 Å². The second-order valence-corrected chi connectivity index (χ2v) is 6.13. The number of hydrogen-bond donors (Lipinski definition) is 3. The molecule has 0 bridgehead atoms. The third-order valence-electron chi connectivity index (χ3n) is 4.07. The first kappa shape index (κ1) is 16.9. The average Bonchev–Trinajstić information content (AvgIpc) is 3.09. The van der Waals surface area contributed by atoms with E-state index in [9.17, 15) is 9.59 Å². The molecule has 3 rings (SSSR count). The fourth-order valence-electron chi connectivity index (χ4n) is 2.87. The molecule has 1 saturated carbocycles. The maximum absolute atomic E-state index is 12.3. The Hall–Kier alpha value is -2.96. The van der Waals surface area contributed by atoms with E-state index in [1.807, 2.05) is 12.1 Å². The van der Waals surface area contributed by atoms with Gasteiger partial charge < -0.3 is 16.0 Å². The molecular formula is C18H21N5O2. The Balaban J connectivity index is 1.64. The van der Waals surface area contributed by atoms with E-state index in [0.29, 0.717) is 11.5 Å². The smallest absolute Gasteiger partial charge is 0.270 e. The van der Waals surface area contributed by atoms with Crippen molar-refractivity contribution in [2.75, 3.05) is 10.6 Å². The van der Waals surface area contributed by atoms with Crippen molar-refractivity contribution in [1.29, 1.82) is 0 Å². The van der Waals surface area contributed by atoms with Gasteiger partial charge in [0.15, 0.2) is 0 Å². The van der Waals surface area contributed by atoms with Crippen LogP contribution in [-0.4, -0.2) is 27.8 Å². The van der Waals surface area contributed by atoms with Crippen molar-refractivity contribution in [3.8, 4) is 0 Å². The van der Waals surface area contributed by atoms with Gasteiger partial charge in [-0.2, -0.15) is 0 Å². The van der Waals surface area contributed by atoms with Gasteiger partial charge >= 0.3 is 0 Å². The van der Waals surface area contributed by atoms with Crippen molar-refractivity contribution < 1.29 is 9.59 Å². The summed E-state index contributed by atoms with van der Waals surface area (Å²) in [5.41, 5.74) is 1.87. The highest BCUT2D eigenvalue weighted by molar-refractivity contribution is 5.93. The number of amides is 2. The lowest BCUT2D eigenvalue weighted by Gasteiger charge is -2.12. The Kier molecular flexibility index (Phi) is 5.23. The predicted octanol–water partition coefficient (Wildman–Crippen LogP) is 2.85. The van der Waals surface area contributed by atoms with E-state index in [4.69, 9.17) is 0 Å². The van der Waals surface area contributed by atoms with Gasteiger partial charge in [0.2, 0.25) is 5.91 Å². The van der Waals surface area contributed by atoms with Gasteiger partial charge in [0, 0.05) is 30.4 Å². The fourth-order valence-corrected chi connectivity index (χ4v) is 2.87. The maximum Gasteiger partial charge on any atom is 0.270 e. The summed E-state index contributed by atoms with van der Waals surface area (Å²) in [7, 11) is 0. The number of benzene rings is 1. The normalized spacial score (nSPS) is 14.1. The molecule has 1 aliphatic rings. The summed E-state index contributed by atoms with van der Waals surface area (Å²) in [5.74, 6) is 0.256. The zero-order valence-electron chi connectivity index (χ0n) is 14.1. The summed E-state index contributed by atoms with van der Waals surface area (Å²) in [4.78, 5) is 31.5. The summed E-state index contributed by atoms with van der Waals surface area (Å²) < 4.78 is 0. The van der Waals surface area contributed by atoms with Gasteiger partial charge in [-0.25, -0.2) is 9.97 Å². The molecule has 3 N–H and O–H groups in total. The van der Waals surface area contributed by atoms with Crippen LogP contribution >= 0.6 is 0 Å². The van der Waals surface area contributed by atoms with Gasteiger partial charge in [0.1, 0.15) is 17.8 Å². The number of nitrogens with one attached hydrogen (secondary N) is 3. The number of hydrogen-bond acceptors (Lipinski definition) is 5. The molecule has 2 aromatic rings. The lowest BCUT2D eigenvalue weighted by atomic mass is 10.2. The molecule has 0 aliphatic heterocycles. The van der Waals surface area contributed by atoms with Gasteiger partial charge in [-0.15, -0.1) is 0 Å². The Morgan fingerprint density at radius 2 is 1.72 bits per heavy atom. The first-order valence-corrected chi connectivity index (χ1v) is 8.38. The van der Waals surface area contributed by atoms with Crippen LogP contribution in [0.25, 0.3) is 0 Å². The summed E-state index contributed by atoms with van der Waals surface area (Å²) in [6, 6.07) is 9.11. The van der Waals surface area contributed by atoms with Crippen molar-refractivity contribution in [2.24, 2.45) is 0 Å². The quantitative estimate of drug-likeness (QED) is 0.778. The molecule has 1 heterocycles. The van der Waals surface area contributed by atoms with Gasteiger partial charge in [-0.05, 0) is 37.1 Å². The minimum Gasteiger partial charge on any atom is -0.348 e. The van der Waals surface area contributed by atoms with E-state index < -0.39 is 0 Å². The Morgan fingerprint density at radius 3 is 2.40 bits per heavy atom. The SMILES string of the molecule is CC(=O)Nc1ccc(Nc2cc(C(=O)NC3CCCC3)ncn2)cc1. The number of rotatable bonds is 5. The third kappa shape index (κ3) is 4.76. The van der Waals surface area contributed by atoms with Crippen LogP contribution in [0.3, 0.4) is 0 Å². The minimum absolute atomic E-state index is 0.116. The van der Waals surface area contributed by atoms with Crippen LogP contribution < -0.4 is 16.0 Å². The zero-order chi connectivity index (χ0) is 17.6. The summed E-state index contributed by atoms with van der Waals surface area (Å²) in [5, 5.41) is 8.85. The van der Waals surface area contributed by atoms with Crippen molar-refractivity contribution in [3.63, 3.8) is 0 Å². The van der Waals surface area contributed by atoms with Crippen LogP contribution in [0.15, 0.2) is 36.7 Å². The highest BCUT2D eigenvalue weighted by Gasteiger charge is 2.18. The molecule has 1 aromatic carbocycles. The molecule has 1 aliphatic carbocycles. The van der Waals surface area contributed by atoms with Crippen molar-refractivity contribution >= 4 is 29.0 Å². The van der Waals surface area contributed by atoms with Crippen molar-refractivity contribution in [2.45, 2.75) is 38.6 Å². The second kappa shape index (κ2) is 7.74. The molecular weight excluding hydrogens is 318 g/mol. The highest BCUT2D eigenvalue weighted by atomic mass is 16.2. The van der Waals surface area contributed by atoms with E-state index >= 15 is 0 Å². The molecule has 1 fully saturated rings. The third-order valence-corrected chi connectivity index (χ3v) is 4.07. The van der Waals surface area contributed by atoms with E-state index in [2.05, 4.69) is 25.9 Å². The van der Waals surface area contributed by atoms with E-state index in [1.54, 1.807) is 18.2 Å². The molecule has 0 saturated heterocycles. The van der Waals surface area contributed by atoms with Crippen LogP contribution in [0.5, 0.6) is 0 Å². The average molecular weight is 339 g/mol. The highest BCUT2D eigenvalue weighted by Crippen LogP contribution is 2.19. The molecule has 2 amide bonds. The van der Waals surface area contributed by atoms with Crippen molar-refractivity contribution in [3.05, 3.63) is 42.4 Å². The molecule has 0 unspecified atom stereocenters. The number of aromatic nitrogens is 2. The number of carbonyl (C=O) groups is 2. The van der Waals surface area contributed by atoms with Crippen LogP contribution in [0.4, 0.5) is 17.2 Å².